The van der Waals surface area contributed by atoms with Crippen molar-refractivity contribution in [1.82, 2.24) is 9.21 Å². The molecule has 1 saturated heterocycles. The van der Waals surface area contributed by atoms with Gasteiger partial charge in [0, 0.05) is 38.4 Å². The SMILES string of the molecule is N#CCCN(C(=O)CN1CCN(S(=O)(=O)c2ccccc2)CC1)c1ccccc1. The second kappa shape index (κ2) is 9.65. The van der Waals surface area contributed by atoms with Gasteiger partial charge in [-0.2, -0.15) is 9.57 Å². The zero-order valence-corrected chi connectivity index (χ0v) is 17.0. The van der Waals surface area contributed by atoms with Crippen LogP contribution in [0.1, 0.15) is 6.42 Å². The predicted octanol–water partition coefficient (Wildman–Crippen LogP) is 1.94. The van der Waals surface area contributed by atoms with Crippen LogP contribution in [-0.4, -0.2) is 62.8 Å². The summed E-state index contributed by atoms with van der Waals surface area (Å²) in [5.74, 6) is -0.0918. The highest BCUT2D eigenvalue weighted by Gasteiger charge is 2.29. The van der Waals surface area contributed by atoms with E-state index in [-0.39, 0.29) is 23.8 Å². The molecule has 1 fully saturated rings. The van der Waals surface area contributed by atoms with E-state index in [0.717, 1.165) is 5.69 Å². The number of benzene rings is 2. The van der Waals surface area contributed by atoms with E-state index in [4.69, 9.17) is 5.26 Å². The molecule has 0 unspecified atom stereocenters. The number of piperazine rings is 1. The Bertz CT molecular complexity index is 950. The lowest BCUT2D eigenvalue weighted by Gasteiger charge is -2.34. The Morgan fingerprint density at radius 2 is 1.55 bits per heavy atom. The van der Waals surface area contributed by atoms with Crippen molar-refractivity contribution in [3.63, 3.8) is 0 Å². The minimum atomic E-state index is -3.51. The van der Waals surface area contributed by atoms with Crippen molar-refractivity contribution < 1.29 is 13.2 Å². The lowest BCUT2D eigenvalue weighted by atomic mass is 10.2. The van der Waals surface area contributed by atoms with Crippen LogP contribution in [0.25, 0.3) is 0 Å². The van der Waals surface area contributed by atoms with Crippen molar-refractivity contribution in [2.24, 2.45) is 0 Å². The quantitative estimate of drug-likeness (QED) is 0.694. The summed E-state index contributed by atoms with van der Waals surface area (Å²) in [6.07, 6.45) is 0.254. The van der Waals surface area contributed by atoms with Crippen LogP contribution in [0, 0.1) is 11.3 Å². The van der Waals surface area contributed by atoms with Gasteiger partial charge in [-0.3, -0.25) is 9.69 Å². The topological polar surface area (TPSA) is 84.7 Å². The third kappa shape index (κ3) is 5.21. The Kier molecular flexibility index (Phi) is 6.99. The van der Waals surface area contributed by atoms with Gasteiger partial charge >= 0.3 is 0 Å². The summed E-state index contributed by atoms with van der Waals surface area (Å²) >= 11 is 0. The summed E-state index contributed by atoms with van der Waals surface area (Å²) in [6, 6.07) is 19.8. The highest BCUT2D eigenvalue weighted by Crippen LogP contribution is 2.18. The molecule has 0 saturated carbocycles. The summed E-state index contributed by atoms with van der Waals surface area (Å²) < 4.78 is 26.9. The van der Waals surface area contributed by atoms with Crippen molar-refractivity contribution in [2.75, 3.05) is 44.2 Å². The number of hydrogen-bond donors (Lipinski definition) is 0. The van der Waals surface area contributed by atoms with Gasteiger partial charge in [-0.15, -0.1) is 0 Å². The van der Waals surface area contributed by atoms with E-state index in [2.05, 4.69) is 6.07 Å². The molecule has 0 aliphatic carbocycles. The van der Waals surface area contributed by atoms with Crippen LogP contribution >= 0.6 is 0 Å². The molecule has 0 radical (unpaired) electrons. The smallest absolute Gasteiger partial charge is 0.243 e. The Morgan fingerprint density at radius 1 is 0.966 bits per heavy atom. The Morgan fingerprint density at radius 3 is 2.14 bits per heavy atom. The monoisotopic (exact) mass is 412 g/mol. The number of hydrogen-bond acceptors (Lipinski definition) is 5. The van der Waals surface area contributed by atoms with Crippen LogP contribution in [0.3, 0.4) is 0 Å². The maximum Gasteiger partial charge on any atom is 0.243 e. The zero-order valence-electron chi connectivity index (χ0n) is 16.1. The largest absolute Gasteiger partial charge is 0.310 e. The molecule has 1 aliphatic rings. The van der Waals surface area contributed by atoms with E-state index in [9.17, 15) is 13.2 Å². The molecule has 1 heterocycles. The molecule has 1 amide bonds. The lowest BCUT2D eigenvalue weighted by Crippen LogP contribution is -2.51. The number of amides is 1. The first kappa shape index (κ1) is 21.0. The van der Waals surface area contributed by atoms with Gasteiger partial charge < -0.3 is 4.90 Å². The minimum Gasteiger partial charge on any atom is -0.310 e. The van der Waals surface area contributed by atoms with E-state index in [1.807, 2.05) is 35.2 Å². The van der Waals surface area contributed by atoms with Crippen molar-refractivity contribution in [3.05, 3.63) is 60.7 Å². The standard InChI is InChI=1S/C21H24N4O3S/c22-12-7-13-25(19-8-3-1-4-9-19)21(26)18-23-14-16-24(17-15-23)29(27,28)20-10-5-2-6-11-20/h1-6,8-11H,7,13-18H2. The Labute approximate surface area is 171 Å². The van der Waals surface area contributed by atoms with Gasteiger partial charge in [0.15, 0.2) is 0 Å². The van der Waals surface area contributed by atoms with Crippen molar-refractivity contribution in [1.29, 1.82) is 5.26 Å². The van der Waals surface area contributed by atoms with E-state index in [0.29, 0.717) is 32.7 Å². The van der Waals surface area contributed by atoms with Crippen molar-refractivity contribution >= 4 is 21.6 Å². The number of nitrogens with zero attached hydrogens (tertiary/aromatic N) is 4. The predicted molar refractivity (Wildman–Crippen MR) is 111 cm³/mol. The third-order valence-corrected chi connectivity index (χ3v) is 6.80. The molecule has 7 nitrogen and oxygen atoms in total. The second-order valence-corrected chi connectivity index (χ2v) is 8.72. The maximum absolute atomic E-state index is 12.9. The average molecular weight is 413 g/mol. The molecule has 8 heteroatoms. The van der Waals surface area contributed by atoms with E-state index >= 15 is 0 Å². The van der Waals surface area contributed by atoms with E-state index in [1.165, 1.54) is 4.31 Å². The molecule has 152 valence electrons. The molecule has 2 aromatic carbocycles. The van der Waals surface area contributed by atoms with Crippen LogP contribution in [-0.2, 0) is 14.8 Å². The summed E-state index contributed by atoms with van der Waals surface area (Å²) in [6.45, 7) is 2.18. The Hall–Kier alpha value is -2.73. The number of nitriles is 1. The van der Waals surface area contributed by atoms with Crippen LogP contribution in [0.15, 0.2) is 65.6 Å². The number of sulfonamides is 1. The fourth-order valence-electron chi connectivity index (χ4n) is 3.31. The fourth-order valence-corrected chi connectivity index (χ4v) is 4.76. The second-order valence-electron chi connectivity index (χ2n) is 6.78. The number of para-hydroxylation sites is 1. The van der Waals surface area contributed by atoms with Crippen LogP contribution < -0.4 is 4.90 Å². The Balaban J connectivity index is 1.61. The van der Waals surface area contributed by atoms with Gasteiger partial charge in [0.25, 0.3) is 0 Å². The van der Waals surface area contributed by atoms with Gasteiger partial charge in [0.2, 0.25) is 15.9 Å². The van der Waals surface area contributed by atoms with Crippen LogP contribution in [0.4, 0.5) is 5.69 Å². The lowest BCUT2D eigenvalue weighted by molar-refractivity contribution is -0.120. The number of carbonyl (C=O) groups excluding carboxylic acids is 1. The molecule has 1 aliphatic heterocycles. The third-order valence-electron chi connectivity index (χ3n) is 4.89. The van der Waals surface area contributed by atoms with Gasteiger partial charge in [-0.25, -0.2) is 8.42 Å². The van der Waals surface area contributed by atoms with Crippen molar-refractivity contribution in [2.45, 2.75) is 11.3 Å². The normalized spacial score (nSPS) is 15.6. The molecule has 0 atom stereocenters. The highest BCUT2D eigenvalue weighted by atomic mass is 32.2. The fraction of sp³-hybridized carbons (Fsp3) is 0.333. The maximum atomic E-state index is 12.9. The zero-order chi connectivity index (χ0) is 20.7. The first-order valence-electron chi connectivity index (χ1n) is 9.52. The van der Waals surface area contributed by atoms with Gasteiger partial charge in [-0.05, 0) is 24.3 Å². The van der Waals surface area contributed by atoms with E-state index < -0.39 is 10.0 Å². The van der Waals surface area contributed by atoms with Crippen LogP contribution in [0.5, 0.6) is 0 Å². The van der Waals surface area contributed by atoms with Crippen LogP contribution in [0.2, 0.25) is 0 Å². The molecule has 0 aromatic heterocycles. The summed E-state index contributed by atoms with van der Waals surface area (Å²) in [4.78, 5) is 16.7. The molecular formula is C21H24N4O3S. The van der Waals surface area contributed by atoms with Crippen molar-refractivity contribution in [3.8, 4) is 6.07 Å². The average Bonchev–Trinajstić information content (AvgIpc) is 2.76. The van der Waals surface area contributed by atoms with Gasteiger partial charge in [-0.1, -0.05) is 36.4 Å². The number of anilines is 1. The summed E-state index contributed by atoms with van der Waals surface area (Å²) in [7, 11) is -3.51. The first-order chi connectivity index (χ1) is 14.0. The van der Waals surface area contributed by atoms with Gasteiger partial charge in [0.05, 0.1) is 23.9 Å². The van der Waals surface area contributed by atoms with E-state index in [1.54, 1.807) is 35.2 Å². The highest BCUT2D eigenvalue weighted by molar-refractivity contribution is 7.89. The molecule has 2 aromatic rings. The summed E-state index contributed by atoms with van der Waals surface area (Å²) in [5, 5.41) is 8.90. The number of carbonyl (C=O) groups is 1. The minimum absolute atomic E-state index is 0.0918. The number of rotatable bonds is 7. The van der Waals surface area contributed by atoms with Gasteiger partial charge in [0.1, 0.15) is 0 Å². The molecular weight excluding hydrogens is 388 g/mol. The molecule has 29 heavy (non-hydrogen) atoms. The molecule has 0 spiro atoms. The molecule has 0 bridgehead atoms. The molecule has 3 rings (SSSR count). The summed E-state index contributed by atoms with van der Waals surface area (Å²) in [5.41, 5.74) is 0.762. The first-order valence-corrected chi connectivity index (χ1v) is 11.0. The molecule has 0 N–H and O–H groups in total.